The van der Waals surface area contributed by atoms with Gasteiger partial charge in [0.1, 0.15) is 0 Å². The van der Waals surface area contributed by atoms with Crippen molar-refractivity contribution in [3.63, 3.8) is 0 Å². The van der Waals surface area contributed by atoms with Crippen LogP contribution in [0.1, 0.15) is 44.7 Å². The van der Waals surface area contributed by atoms with E-state index in [9.17, 15) is 0 Å². The van der Waals surface area contributed by atoms with Crippen molar-refractivity contribution in [2.75, 3.05) is 20.1 Å². The Hall–Kier alpha value is -0.420. The summed E-state index contributed by atoms with van der Waals surface area (Å²) in [6.07, 6.45) is 2.32. The molecule has 0 saturated carbocycles. The number of nitrogens with zero attached hydrogens (tertiary/aromatic N) is 1. The minimum absolute atomic E-state index is 0. The van der Waals surface area contributed by atoms with E-state index in [1.807, 2.05) is 0 Å². The maximum Gasteiger partial charge on any atom is 0.0567 e. The molecule has 0 radical (unpaired) electrons. The molecule has 1 aliphatic carbocycles. The summed E-state index contributed by atoms with van der Waals surface area (Å²) in [7, 11) is 2.22. The molecular formula is C21H22Br3N. The highest BCUT2D eigenvalue weighted by molar-refractivity contribution is 9.12. The summed E-state index contributed by atoms with van der Waals surface area (Å²) < 4.78 is 0. The van der Waals surface area contributed by atoms with Gasteiger partial charge in [0.2, 0.25) is 0 Å². The fourth-order valence-electron chi connectivity index (χ4n) is 3.91. The van der Waals surface area contributed by atoms with E-state index >= 15 is 0 Å². The van der Waals surface area contributed by atoms with E-state index in [1.54, 1.807) is 5.57 Å². The highest BCUT2D eigenvalue weighted by Crippen LogP contribution is 2.51. The standard InChI is InChI=1S/C21H21Br2N.BrH/c1-24-12-10-14(11-13-24)19-15-6-2-4-8-17(15)20(22)21(23)18-9-5-3-7-16(18)19;/h2-9,20-21H,10-13H2,1H3;1H. The molecule has 2 unspecified atom stereocenters. The molecule has 1 aliphatic heterocycles. The van der Waals surface area contributed by atoms with Gasteiger partial charge in [0, 0.05) is 13.1 Å². The molecule has 0 amide bonds. The molecule has 0 N–H and O–H groups in total. The van der Waals surface area contributed by atoms with Crippen LogP contribution in [0.3, 0.4) is 0 Å². The van der Waals surface area contributed by atoms with E-state index < -0.39 is 0 Å². The molecule has 4 rings (SSSR count). The summed E-state index contributed by atoms with van der Waals surface area (Å²) in [5.74, 6) is 0. The third-order valence-corrected chi connectivity index (χ3v) is 8.01. The first-order chi connectivity index (χ1) is 11.7. The van der Waals surface area contributed by atoms with Crippen LogP contribution in [0.15, 0.2) is 54.1 Å². The Morgan fingerprint density at radius 1 is 0.800 bits per heavy atom. The lowest BCUT2D eigenvalue weighted by Gasteiger charge is -2.27. The Bertz CT molecular complexity index is 736. The number of halogens is 3. The second-order valence-corrected chi connectivity index (χ2v) is 8.73. The average molecular weight is 528 g/mol. The second kappa shape index (κ2) is 8.08. The van der Waals surface area contributed by atoms with Crippen molar-refractivity contribution in [1.29, 1.82) is 0 Å². The topological polar surface area (TPSA) is 3.24 Å². The predicted molar refractivity (Wildman–Crippen MR) is 119 cm³/mol. The fraction of sp³-hybridized carbons (Fsp3) is 0.333. The largest absolute Gasteiger partial charge is 0.306 e. The zero-order valence-electron chi connectivity index (χ0n) is 14.2. The lowest BCUT2D eigenvalue weighted by atomic mass is 9.86. The van der Waals surface area contributed by atoms with E-state index in [0.717, 1.165) is 25.9 Å². The Labute approximate surface area is 177 Å². The van der Waals surface area contributed by atoms with Crippen molar-refractivity contribution in [1.82, 2.24) is 4.90 Å². The quantitative estimate of drug-likeness (QED) is 0.345. The lowest BCUT2D eigenvalue weighted by Crippen LogP contribution is -2.27. The number of alkyl halides is 2. The van der Waals surface area contributed by atoms with E-state index in [2.05, 4.69) is 92.3 Å². The Morgan fingerprint density at radius 3 is 1.72 bits per heavy atom. The molecule has 2 aromatic rings. The van der Waals surface area contributed by atoms with Gasteiger partial charge in [0.25, 0.3) is 0 Å². The predicted octanol–water partition coefficient (Wildman–Crippen LogP) is 6.68. The fourth-order valence-corrected chi connectivity index (χ4v) is 5.28. The molecule has 25 heavy (non-hydrogen) atoms. The summed E-state index contributed by atoms with van der Waals surface area (Å²) in [4.78, 5) is 2.98. The lowest BCUT2D eigenvalue weighted by molar-refractivity contribution is 0.313. The van der Waals surface area contributed by atoms with Gasteiger partial charge in [-0.3, -0.25) is 0 Å². The van der Waals surface area contributed by atoms with Crippen LogP contribution in [-0.4, -0.2) is 25.0 Å². The van der Waals surface area contributed by atoms with E-state index in [1.165, 1.54) is 27.8 Å². The van der Waals surface area contributed by atoms with Crippen molar-refractivity contribution in [3.8, 4) is 0 Å². The normalized spacial score (nSPS) is 23.3. The van der Waals surface area contributed by atoms with Crippen LogP contribution in [-0.2, 0) is 0 Å². The first-order valence-electron chi connectivity index (χ1n) is 8.54. The van der Waals surface area contributed by atoms with Gasteiger partial charge < -0.3 is 4.90 Å². The maximum atomic E-state index is 3.96. The van der Waals surface area contributed by atoms with Crippen molar-refractivity contribution in [3.05, 3.63) is 76.4 Å². The Kier molecular flexibility index (Phi) is 6.25. The van der Waals surface area contributed by atoms with Gasteiger partial charge in [0.15, 0.2) is 0 Å². The van der Waals surface area contributed by atoms with Crippen LogP contribution in [0.2, 0.25) is 0 Å². The van der Waals surface area contributed by atoms with Crippen molar-refractivity contribution >= 4 is 54.4 Å². The monoisotopic (exact) mass is 525 g/mol. The van der Waals surface area contributed by atoms with Crippen LogP contribution in [0, 0.1) is 0 Å². The van der Waals surface area contributed by atoms with Crippen LogP contribution in [0.5, 0.6) is 0 Å². The van der Waals surface area contributed by atoms with Gasteiger partial charge in [-0.2, -0.15) is 0 Å². The number of fused-ring (bicyclic) bond motifs is 2. The summed E-state index contributed by atoms with van der Waals surface area (Å²) in [5.41, 5.74) is 8.64. The van der Waals surface area contributed by atoms with Crippen molar-refractivity contribution in [2.45, 2.75) is 22.5 Å². The number of hydrogen-bond donors (Lipinski definition) is 0. The smallest absolute Gasteiger partial charge is 0.0567 e. The molecule has 2 aliphatic rings. The van der Waals surface area contributed by atoms with Gasteiger partial charge in [-0.05, 0) is 47.7 Å². The van der Waals surface area contributed by atoms with Gasteiger partial charge in [-0.15, -0.1) is 17.0 Å². The number of hydrogen-bond acceptors (Lipinski definition) is 1. The molecule has 0 bridgehead atoms. The maximum absolute atomic E-state index is 3.96. The van der Waals surface area contributed by atoms with E-state index in [4.69, 9.17) is 0 Å². The first-order valence-corrected chi connectivity index (χ1v) is 10.4. The number of benzene rings is 2. The van der Waals surface area contributed by atoms with Gasteiger partial charge in [0.05, 0.1) is 9.65 Å². The van der Waals surface area contributed by atoms with Gasteiger partial charge >= 0.3 is 0 Å². The minimum Gasteiger partial charge on any atom is -0.306 e. The summed E-state index contributed by atoms with van der Waals surface area (Å²) in [6.45, 7) is 2.30. The minimum atomic E-state index is 0. The summed E-state index contributed by atoms with van der Waals surface area (Å²) in [6, 6.07) is 17.8. The van der Waals surface area contributed by atoms with Crippen molar-refractivity contribution < 1.29 is 0 Å². The Balaban J connectivity index is 0.00000182. The summed E-state index contributed by atoms with van der Waals surface area (Å²) in [5, 5.41) is 0. The van der Waals surface area contributed by atoms with Crippen molar-refractivity contribution in [2.24, 2.45) is 0 Å². The number of piperidine rings is 1. The molecule has 1 saturated heterocycles. The Morgan fingerprint density at radius 2 is 1.24 bits per heavy atom. The average Bonchev–Trinajstić information content (AvgIpc) is 2.71. The molecule has 2 aromatic carbocycles. The molecular weight excluding hydrogens is 506 g/mol. The molecule has 1 heterocycles. The molecule has 1 fully saturated rings. The molecule has 2 atom stereocenters. The van der Waals surface area contributed by atoms with Gasteiger partial charge in [-0.1, -0.05) is 86.0 Å². The van der Waals surface area contributed by atoms with Crippen LogP contribution < -0.4 is 0 Å². The molecule has 132 valence electrons. The molecule has 0 aromatic heterocycles. The highest BCUT2D eigenvalue weighted by atomic mass is 79.9. The molecule has 4 heteroatoms. The van der Waals surface area contributed by atoms with E-state index in [0.29, 0.717) is 0 Å². The molecule has 1 nitrogen and oxygen atoms in total. The SMILES string of the molecule is Br.CN1CCC(=C2c3ccccc3C(Br)C(Br)c3ccccc32)CC1. The zero-order valence-corrected chi connectivity index (χ0v) is 19.1. The third kappa shape index (κ3) is 3.55. The van der Waals surface area contributed by atoms with Crippen LogP contribution in [0.25, 0.3) is 5.57 Å². The first kappa shape index (κ1) is 19.3. The number of rotatable bonds is 0. The van der Waals surface area contributed by atoms with Crippen LogP contribution >= 0.6 is 48.8 Å². The van der Waals surface area contributed by atoms with Crippen LogP contribution in [0.4, 0.5) is 0 Å². The highest BCUT2D eigenvalue weighted by Gasteiger charge is 2.31. The summed E-state index contributed by atoms with van der Waals surface area (Å²) >= 11 is 7.91. The zero-order chi connectivity index (χ0) is 16.7. The second-order valence-electron chi connectivity index (χ2n) is 6.76. The van der Waals surface area contributed by atoms with E-state index in [-0.39, 0.29) is 26.6 Å². The third-order valence-electron chi connectivity index (χ3n) is 5.26. The van der Waals surface area contributed by atoms with Gasteiger partial charge in [-0.25, -0.2) is 0 Å². The molecule has 0 spiro atoms. The number of likely N-dealkylation sites (tertiary alicyclic amines) is 1.